The van der Waals surface area contributed by atoms with Gasteiger partial charge in [-0.25, -0.2) is 4.99 Å². The van der Waals surface area contributed by atoms with E-state index >= 15 is 0 Å². The second-order valence-electron chi connectivity index (χ2n) is 9.83. The van der Waals surface area contributed by atoms with E-state index in [2.05, 4.69) is 26.0 Å². The van der Waals surface area contributed by atoms with Crippen molar-refractivity contribution in [2.75, 3.05) is 26.3 Å². The van der Waals surface area contributed by atoms with Crippen molar-refractivity contribution < 1.29 is 19.4 Å². The van der Waals surface area contributed by atoms with Gasteiger partial charge in [0.15, 0.2) is 11.6 Å². The first-order valence-corrected chi connectivity index (χ1v) is 14.1. The van der Waals surface area contributed by atoms with Crippen molar-refractivity contribution in [2.45, 2.75) is 37.3 Å². The Morgan fingerprint density at radius 3 is 2.55 bits per heavy atom. The molecule has 3 aromatic carbocycles. The number of ether oxygens (including phenoxy) is 2. The molecule has 2 aliphatic heterocycles. The van der Waals surface area contributed by atoms with Crippen molar-refractivity contribution in [1.82, 2.24) is 4.90 Å². The maximum atomic E-state index is 14.5. The molecule has 0 saturated carbocycles. The summed E-state index contributed by atoms with van der Waals surface area (Å²) >= 11 is 3.51. The van der Waals surface area contributed by atoms with Gasteiger partial charge in [0.05, 0.1) is 6.61 Å². The van der Waals surface area contributed by atoms with Crippen LogP contribution in [0.5, 0.6) is 5.75 Å². The highest BCUT2D eigenvalue weighted by atomic mass is 79.9. The summed E-state index contributed by atoms with van der Waals surface area (Å²) in [6.07, 6.45) is 1.92. The summed E-state index contributed by atoms with van der Waals surface area (Å²) in [5, 5.41) is 12.9. The van der Waals surface area contributed by atoms with Gasteiger partial charge in [0.25, 0.3) is 5.91 Å². The SMILES string of the molecule is [N-]=[N+]=Nc1ccccc1C[C@@]1(C(=O)N2CCCC2)N=C(c2ccc(OCCCO)cc2)O[C@@H]1c1ccc(Br)cc1. The predicted octanol–water partition coefficient (Wildman–Crippen LogP) is 6.27. The zero-order valence-corrected chi connectivity index (χ0v) is 23.5. The van der Waals surface area contributed by atoms with Crippen LogP contribution >= 0.6 is 15.9 Å². The van der Waals surface area contributed by atoms with Crippen LogP contribution in [0.25, 0.3) is 10.4 Å². The van der Waals surface area contributed by atoms with Gasteiger partial charge in [0, 0.05) is 53.2 Å². The molecule has 0 bridgehead atoms. The molecule has 0 spiro atoms. The molecule has 0 unspecified atom stereocenters. The Morgan fingerprint density at radius 1 is 1.12 bits per heavy atom. The molecule has 1 amide bonds. The number of hydrogen-bond acceptors (Lipinski definition) is 6. The molecule has 1 saturated heterocycles. The van der Waals surface area contributed by atoms with Gasteiger partial charge in [0.2, 0.25) is 5.90 Å². The number of hydrogen-bond donors (Lipinski definition) is 1. The molecule has 10 heteroatoms. The van der Waals surface area contributed by atoms with Crippen LogP contribution in [0.2, 0.25) is 0 Å². The quantitative estimate of drug-likeness (QED) is 0.127. The Bertz CT molecular complexity index is 1420. The van der Waals surface area contributed by atoms with Gasteiger partial charge >= 0.3 is 0 Å². The fourth-order valence-corrected chi connectivity index (χ4v) is 5.46. The van der Waals surface area contributed by atoms with Crippen LogP contribution in [0.15, 0.2) is 87.4 Å². The highest BCUT2D eigenvalue weighted by Crippen LogP contribution is 2.45. The number of aliphatic imine (C=N–C) groups is 1. The van der Waals surface area contributed by atoms with Gasteiger partial charge in [-0.05, 0) is 65.9 Å². The molecule has 0 aliphatic carbocycles. The van der Waals surface area contributed by atoms with E-state index in [1.54, 1.807) is 12.1 Å². The molecule has 0 aromatic heterocycles. The monoisotopic (exact) mass is 603 g/mol. The van der Waals surface area contributed by atoms with E-state index in [-0.39, 0.29) is 18.9 Å². The van der Waals surface area contributed by atoms with Gasteiger partial charge < -0.3 is 19.5 Å². The lowest BCUT2D eigenvalue weighted by Crippen LogP contribution is -2.51. The molecular weight excluding hydrogens is 574 g/mol. The largest absolute Gasteiger partial charge is 0.494 e. The van der Waals surface area contributed by atoms with Gasteiger partial charge in [-0.1, -0.05) is 57.4 Å². The van der Waals surface area contributed by atoms with E-state index in [0.717, 1.165) is 34.0 Å². The van der Waals surface area contributed by atoms with Crippen molar-refractivity contribution in [2.24, 2.45) is 10.1 Å². The third-order valence-electron chi connectivity index (χ3n) is 7.18. The molecule has 1 fully saturated rings. The third-order valence-corrected chi connectivity index (χ3v) is 7.71. The minimum atomic E-state index is -1.31. The molecule has 40 heavy (non-hydrogen) atoms. The van der Waals surface area contributed by atoms with Crippen molar-refractivity contribution in [1.29, 1.82) is 0 Å². The topological polar surface area (TPSA) is 120 Å². The van der Waals surface area contributed by atoms with Crippen molar-refractivity contribution in [3.8, 4) is 5.75 Å². The molecule has 206 valence electrons. The van der Waals surface area contributed by atoms with E-state index < -0.39 is 11.6 Å². The number of carbonyl (C=O) groups excluding carboxylic acids is 1. The van der Waals surface area contributed by atoms with Crippen LogP contribution in [-0.4, -0.2) is 53.7 Å². The molecule has 2 atom stereocenters. The van der Waals surface area contributed by atoms with Crippen molar-refractivity contribution in [3.05, 3.63) is 104 Å². The lowest BCUT2D eigenvalue weighted by Gasteiger charge is -2.34. The molecule has 2 heterocycles. The van der Waals surface area contributed by atoms with E-state index in [0.29, 0.717) is 43.5 Å². The lowest BCUT2D eigenvalue weighted by atomic mass is 9.81. The van der Waals surface area contributed by atoms with E-state index in [9.17, 15) is 10.3 Å². The highest BCUT2D eigenvalue weighted by molar-refractivity contribution is 9.10. The summed E-state index contributed by atoms with van der Waals surface area (Å²) in [6.45, 7) is 1.81. The number of halogens is 1. The second kappa shape index (κ2) is 12.6. The molecule has 1 N–H and O–H groups in total. The van der Waals surface area contributed by atoms with Crippen LogP contribution < -0.4 is 4.74 Å². The minimum absolute atomic E-state index is 0.0656. The first-order valence-electron chi connectivity index (χ1n) is 13.3. The van der Waals surface area contributed by atoms with Crippen molar-refractivity contribution in [3.63, 3.8) is 0 Å². The molecule has 5 rings (SSSR count). The summed E-state index contributed by atoms with van der Waals surface area (Å²) in [4.78, 5) is 24.4. The number of rotatable bonds is 10. The van der Waals surface area contributed by atoms with Crippen LogP contribution in [-0.2, 0) is 16.0 Å². The average molecular weight is 605 g/mol. The average Bonchev–Trinajstić information content (AvgIpc) is 3.65. The van der Waals surface area contributed by atoms with Crippen LogP contribution in [0.4, 0.5) is 5.69 Å². The first-order chi connectivity index (χ1) is 19.5. The summed E-state index contributed by atoms with van der Waals surface area (Å²) in [5.74, 6) is 0.930. The van der Waals surface area contributed by atoms with Crippen LogP contribution in [0.1, 0.15) is 42.1 Å². The van der Waals surface area contributed by atoms with Crippen LogP contribution in [0.3, 0.4) is 0 Å². The Morgan fingerprint density at radius 2 is 1.85 bits per heavy atom. The number of azide groups is 1. The lowest BCUT2D eigenvalue weighted by molar-refractivity contribution is -0.138. The van der Waals surface area contributed by atoms with E-state index in [1.165, 1.54) is 0 Å². The molecular formula is C30H30BrN5O4. The molecule has 0 radical (unpaired) electrons. The van der Waals surface area contributed by atoms with Crippen LogP contribution in [0, 0.1) is 0 Å². The number of carbonyl (C=O) groups is 1. The zero-order valence-electron chi connectivity index (χ0n) is 21.9. The maximum Gasteiger partial charge on any atom is 0.255 e. The summed E-state index contributed by atoms with van der Waals surface area (Å²) < 4.78 is 13.2. The van der Waals surface area contributed by atoms with E-state index in [1.807, 2.05) is 65.6 Å². The van der Waals surface area contributed by atoms with Gasteiger partial charge in [-0.15, -0.1) is 0 Å². The van der Waals surface area contributed by atoms with Gasteiger partial charge in [-0.3, -0.25) is 4.79 Å². The Hall–Kier alpha value is -3.85. The standard InChI is InChI=1S/C30H30BrN5O4/c31-24-12-8-21(9-13-24)27-30(29(38)36-16-3-4-17-36,20-23-6-1-2-7-26(23)34-35-32)33-28(40-27)22-10-14-25(15-11-22)39-19-5-18-37/h1-2,6-15,27,37H,3-5,16-20H2/t27-,30-/m1/s1. The third kappa shape index (κ3) is 5.84. The van der Waals surface area contributed by atoms with Gasteiger partial charge in [0.1, 0.15) is 5.75 Å². The molecule has 2 aliphatic rings. The number of benzene rings is 3. The number of likely N-dealkylation sites (tertiary alicyclic amines) is 1. The number of aliphatic hydroxyl groups is 1. The number of amides is 1. The Kier molecular flexibility index (Phi) is 8.69. The summed E-state index contributed by atoms with van der Waals surface area (Å²) in [7, 11) is 0. The molecule has 3 aromatic rings. The van der Waals surface area contributed by atoms with Gasteiger partial charge in [-0.2, -0.15) is 0 Å². The fraction of sp³-hybridized carbons (Fsp3) is 0.333. The Labute approximate surface area is 241 Å². The smallest absolute Gasteiger partial charge is 0.255 e. The molecule has 9 nitrogen and oxygen atoms in total. The normalized spacial score (nSPS) is 20.0. The predicted molar refractivity (Wildman–Crippen MR) is 156 cm³/mol. The highest BCUT2D eigenvalue weighted by Gasteiger charge is 2.55. The maximum absolute atomic E-state index is 14.5. The van der Waals surface area contributed by atoms with Crippen molar-refractivity contribution >= 4 is 33.4 Å². The summed E-state index contributed by atoms with van der Waals surface area (Å²) in [6, 6.07) is 22.4. The minimum Gasteiger partial charge on any atom is -0.494 e. The number of nitrogens with zero attached hydrogens (tertiary/aromatic N) is 5. The number of aliphatic hydroxyl groups excluding tert-OH is 1. The fourth-order valence-electron chi connectivity index (χ4n) is 5.20. The second-order valence-corrected chi connectivity index (χ2v) is 10.8. The summed E-state index contributed by atoms with van der Waals surface area (Å²) in [5.41, 5.74) is 10.6. The zero-order chi connectivity index (χ0) is 28.0. The van der Waals surface area contributed by atoms with E-state index in [4.69, 9.17) is 19.6 Å². The Balaban J connectivity index is 1.61. The first kappa shape index (κ1) is 27.7.